The van der Waals surface area contributed by atoms with Gasteiger partial charge < -0.3 is 19.8 Å². The molecule has 41 heavy (non-hydrogen) atoms. The summed E-state index contributed by atoms with van der Waals surface area (Å²) in [5, 5.41) is 2.87. The standard InChI is InChI=1S/C32H34N4O5/c1-32(2,3)41-31(39)36-19-23-14-8-7-13-22(23)17-27(36)29(37)35-26(30(38)40-20-21-11-5-4-6-12-21)18-28-33-24-15-9-10-16-25(24)34-28/h4-16,26-27H,17-20H2,1-3H3,(H,33,34)(H,35,37)/t26-,27-/m0/s1. The van der Waals surface area contributed by atoms with E-state index in [1.54, 1.807) is 20.8 Å². The van der Waals surface area contributed by atoms with E-state index in [1.165, 1.54) is 4.90 Å². The summed E-state index contributed by atoms with van der Waals surface area (Å²) in [4.78, 5) is 49.7. The Morgan fingerprint density at radius 1 is 0.976 bits per heavy atom. The van der Waals surface area contributed by atoms with Crippen molar-refractivity contribution in [2.24, 2.45) is 0 Å². The van der Waals surface area contributed by atoms with Crippen LogP contribution in [0.2, 0.25) is 0 Å². The fourth-order valence-corrected chi connectivity index (χ4v) is 4.86. The van der Waals surface area contributed by atoms with Crippen LogP contribution in [0.3, 0.4) is 0 Å². The molecular formula is C32H34N4O5. The monoisotopic (exact) mass is 554 g/mol. The van der Waals surface area contributed by atoms with E-state index in [4.69, 9.17) is 9.47 Å². The Morgan fingerprint density at radius 3 is 2.39 bits per heavy atom. The smallest absolute Gasteiger partial charge is 0.411 e. The first-order valence-electron chi connectivity index (χ1n) is 13.7. The van der Waals surface area contributed by atoms with Crippen LogP contribution in [0, 0.1) is 0 Å². The molecule has 5 rings (SSSR count). The maximum atomic E-state index is 13.8. The molecule has 9 nitrogen and oxygen atoms in total. The van der Waals surface area contributed by atoms with Gasteiger partial charge in [-0.1, -0.05) is 66.7 Å². The van der Waals surface area contributed by atoms with E-state index in [1.807, 2.05) is 78.9 Å². The van der Waals surface area contributed by atoms with Gasteiger partial charge in [-0.2, -0.15) is 0 Å². The van der Waals surface area contributed by atoms with Crippen LogP contribution in [0.15, 0.2) is 78.9 Å². The van der Waals surface area contributed by atoms with Crippen molar-refractivity contribution in [3.63, 3.8) is 0 Å². The van der Waals surface area contributed by atoms with Crippen LogP contribution in [-0.2, 0) is 45.1 Å². The van der Waals surface area contributed by atoms with E-state index >= 15 is 0 Å². The molecule has 2 N–H and O–H groups in total. The number of carbonyl (C=O) groups excluding carboxylic acids is 3. The van der Waals surface area contributed by atoms with Crippen molar-refractivity contribution in [3.8, 4) is 0 Å². The zero-order valence-corrected chi connectivity index (χ0v) is 23.4. The lowest BCUT2D eigenvalue weighted by atomic mass is 9.93. The summed E-state index contributed by atoms with van der Waals surface area (Å²) >= 11 is 0. The fourth-order valence-electron chi connectivity index (χ4n) is 4.86. The Balaban J connectivity index is 1.39. The molecule has 0 fully saturated rings. The number of nitrogens with zero attached hydrogens (tertiary/aromatic N) is 2. The van der Waals surface area contributed by atoms with Crippen LogP contribution in [0.25, 0.3) is 11.0 Å². The average molecular weight is 555 g/mol. The molecule has 2 atom stereocenters. The molecular weight excluding hydrogens is 520 g/mol. The van der Waals surface area contributed by atoms with Gasteiger partial charge in [-0.3, -0.25) is 9.69 Å². The molecule has 0 saturated carbocycles. The third-order valence-corrected chi connectivity index (χ3v) is 6.84. The fraction of sp³-hybridized carbons (Fsp3) is 0.312. The van der Waals surface area contributed by atoms with Gasteiger partial charge in [0, 0.05) is 12.8 Å². The number of H-pyrrole nitrogens is 1. The van der Waals surface area contributed by atoms with Crippen molar-refractivity contribution in [2.45, 2.75) is 64.4 Å². The highest BCUT2D eigenvalue weighted by Gasteiger charge is 2.38. The topological polar surface area (TPSA) is 114 Å². The van der Waals surface area contributed by atoms with Crippen molar-refractivity contribution in [2.75, 3.05) is 0 Å². The largest absolute Gasteiger partial charge is 0.459 e. The minimum absolute atomic E-state index is 0.0625. The summed E-state index contributed by atoms with van der Waals surface area (Å²) in [5.41, 5.74) is 3.58. The van der Waals surface area contributed by atoms with E-state index in [9.17, 15) is 14.4 Å². The zero-order chi connectivity index (χ0) is 29.0. The van der Waals surface area contributed by atoms with Gasteiger partial charge in [0.15, 0.2) is 0 Å². The Bertz CT molecular complexity index is 1510. The van der Waals surface area contributed by atoms with Crippen LogP contribution < -0.4 is 5.32 Å². The number of aromatic amines is 1. The number of fused-ring (bicyclic) bond motifs is 2. The number of aromatic nitrogens is 2. The van der Waals surface area contributed by atoms with Crippen LogP contribution >= 0.6 is 0 Å². The van der Waals surface area contributed by atoms with Crippen molar-refractivity contribution in [1.82, 2.24) is 20.2 Å². The number of para-hydroxylation sites is 2. The number of rotatable bonds is 7. The van der Waals surface area contributed by atoms with Gasteiger partial charge in [0.25, 0.3) is 0 Å². The number of ether oxygens (including phenoxy) is 2. The molecule has 9 heteroatoms. The SMILES string of the molecule is CC(C)(C)OC(=O)N1Cc2ccccc2C[C@H]1C(=O)N[C@@H](Cc1nc2ccccc2[nH]1)C(=O)OCc1ccccc1. The molecule has 0 saturated heterocycles. The molecule has 1 aliphatic rings. The predicted octanol–water partition coefficient (Wildman–Crippen LogP) is 4.70. The number of esters is 1. The lowest BCUT2D eigenvalue weighted by Crippen LogP contribution is -2.56. The zero-order valence-electron chi connectivity index (χ0n) is 23.4. The second-order valence-corrected chi connectivity index (χ2v) is 11.2. The van der Waals surface area contributed by atoms with Crippen molar-refractivity contribution < 1.29 is 23.9 Å². The normalized spacial score (nSPS) is 15.6. The summed E-state index contributed by atoms with van der Waals surface area (Å²) in [7, 11) is 0. The minimum Gasteiger partial charge on any atom is -0.459 e. The van der Waals surface area contributed by atoms with Crippen molar-refractivity contribution in [1.29, 1.82) is 0 Å². The molecule has 1 aromatic heterocycles. The molecule has 2 amide bonds. The summed E-state index contributed by atoms with van der Waals surface area (Å²) in [6.07, 6.45) is -0.214. The minimum atomic E-state index is -1.04. The number of carbonyl (C=O) groups is 3. The number of hydrogen-bond acceptors (Lipinski definition) is 6. The first-order chi connectivity index (χ1) is 19.7. The molecule has 0 unspecified atom stereocenters. The van der Waals surface area contributed by atoms with E-state index < -0.39 is 35.7 Å². The van der Waals surface area contributed by atoms with Gasteiger partial charge in [-0.05, 0) is 49.6 Å². The number of hydrogen-bond donors (Lipinski definition) is 2. The Kier molecular flexibility index (Phi) is 8.05. The van der Waals surface area contributed by atoms with Gasteiger partial charge in [0.2, 0.25) is 5.91 Å². The Morgan fingerprint density at radius 2 is 1.66 bits per heavy atom. The molecule has 4 aromatic rings. The molecule has 3 aromatic carbocycles. The highest BCUT2D eigenvalue weighted by Crippen LogP contribution is 2.26. The van der Waals surface area contributed by atoms with Gasteiger partial charge in [0.05, 0.1) is 17.6 Å². The average Bonchev–Trinajstić information content (AvgIpc) is 3.37. The quantitative estimate of drug-likeness (QED) is 0.320. The first kappa shape index (κ1) is 27.9. The predicted molar refractivity (Wildman–Crippen MR) is 154 cm³/mol. The van der Waals surface area contributed by atoms with Crippen LogP contribution in [0.1, 0.15) is 43.3 Å². The van der Waals surface area contributed by atoms with Crippen LogP contribution in [0.5, 0.6) is 0 Å². The summed E-state index contributed by atoms with van der Waals surface area (Å²) in [6, 6.07) is 22.6. The molecule has 1 aliphatic heterocycles. The van der Waals surface area contributed by atoms with Gasteiger partial charge in [0.1, 0.15) is 30.1 Å². The van der Waals surface area contributed by atoms with Crippen LogP contribution in [-0.4, -0.2) is 50.5 Å². The molecule has 212 valence electrons. The Hall–Kier alpha value is -4.66. The van der Waals surface area contributed by atoms with E-state index in [-0.39, 0.29) is 26.0 Å². The molecule has 2 heterocycles. The molecule has 0 spiro atoms. The van der Waals surface area contributed by atoms with E-state index in [0.717, 1.165) is 27.7 Å². The molecule has 0 bridgehead atoms. The van der Waals surface area contributed by atoms with E-state index in [2.05, 4.69) is 15.3 Å². The highest BCUT2D eigenvalue weighted by atomic mass is 16.6. The summed E-state index contributed by atoms with van der Waals surface area (Å²) in [5.74, 6) is -0.531. The lowest BCUT2D eigenvalue weighted by molar-refractivity contribution is -0.149. The number of imidazole rings is 1. The lowest BCUT2D eigenvalue weighted by Gasteiger charge is -2.37. The second-order valence-electron chi connectivity index (χ2n) is 11.2. The van der Waals surface area contributed by atoms with Gasteiger partial charge >= 0.3 is 12.1 Å². The number of amides is 2. The maximum absolute atomic E-state index is 13.8. The number of nitrogens with one attached hydrogen (secondary N) is 2. The summed E-state index contributed by atoms with van der Waals surface area (Å²) in [6.45, 7) is 5.63. The van der Waals surface area contributed by atoms with E-state index in [0.29, 0.717) is 5.82 Å². The van der Waals surface area contributed by atoms with Crippen molar-refractivity contribution >= 4 is 29.0 Å². The summed E-state index contributed by atoms with van der Waals surface area (Å²) < 4.78 is 11.3. The second kappa shape index (κ2) is 11.8. The highest BCUT2D eigenvalue weighted by molar-refractivity contribution is 5.90. The first-order valence-corrected chi connectivity index (χ1v) is 13.7. The molecule has 0 radical (unpaired) electrons. The Labute approximate surface area is 238 Å². The van der Waals surface area contributed by atoms with Gasteiger partial charge in [-0.25, -0.2) is 14.6 Å². The maximum Gasteiger partial charge on any atom is 0.411 e. The third-order valence-electron chi connectivity index (χ3n) is 6.84. The molecule has 0 aliphatic carbocycles. The van der Waals surface area contributed by atoms with Crippen LogP contribution in [0.4, 0.5) is 4.79 Å². The van der Waals surface area contributed by atoms with Crippen molar-refractivity contribution in [3.05, 3.63) is 101 Å². The number of benzene rings is 3. The van der Waals surface area contributed by atoms with Gasteiger partial charge in [-0.15, -0.1) is 0 Å². The third kappa shape index (κ3) is 6.92.